The molecule has 0 saturated heterocycles. The summed E-state index contributed by atoms with van der Waals surface area (Å²) in [6.45, 7) is 4.00. The smallest absolute Gasteiger partial charge is 0.323 e. The fraction of sp³-hybridized carbons (Fsp3) is 0.462. The monoisotopic (exact) mass is 265 g/mol. The molecule has 3 N–H and O–H groups in total. The first-order chi connectivity index (χ1) is 8.88. The molecule has 0 aliphatic carbocycles. The summed E-state index contributed by atoms with van der Waals surface area (Å²) in [5.41, 5.74) is 6.62. The van der Waals surface area contributed by atoms with Gasteiger partial charge in [-0.3, -0.25) is 14.6 Å². The highest BCUT2D eigenvalue weighted by molar-refractivity contribution is 5.82. The lowest BCUT2D eigenvalue weighted by Crippen LogP contribution is -2.39. The Morgan fingerprint density at radius 2 is 2.11 bits per heavy atom. The van der Waals surface area contributed by atoms with Crippen LogP contribution in [0.3, 0.4) is 0 Å². The molecule has 104 valence electrons. The summed E-state index contributed by atoms with van der Waals surface area (Å²) < 4.78 is 0. The number of hydrogen-bond acceptors (Lipinski definition) is 4. The van der Waals surface area contributed by atoms with E-state index >= 15 is 0 Å². The van der Waals surface area contributed by atoms with E-state index in [0.717, 1.165) is 0 Å². The first-order valence-electron chi connectivity index (χ1n) is 6.08. The van der Waals surface area contributed by atoms with Gasteiger partial charge in [-0.25, -0.2) is 0 Å². The Bertz CT molecular complexity index is 443. The van der Waals surface area contributed by atoms with Gasteiger partial charge in [0, 0.05) is 12.2 Å². The predicted molar refractivity (Wildman–Crippen MR) is 71.4 cm³/mol. The van der Waals surface area contributed by atoms with Crippen molar-refractivity contribution in [1.82, 2.24) is 9.88 Å². The molecule has 19 heavy (non-hydrogen) atoms. The van der Waals surface area contributed by atoms with Crippen molar-refractivity contribution in [3.05, 3.63) is 24.0 Å². The quantitative estimate of drug-likeness (QED) is 0.792. The molecule has 0 aliphatic heterocycles. The van der Waals surface area contributed by atoms with Crippen LogP contribution in [0.2, 0.25) is 0 Å². The fourth-order valence-electron chi connectivity index (χ4n) is 1.67. The zero-order valence-electron chi connectivity index (χ0n) is 11.2. The van der Waals surface area contributed by atoms with Crippen LogP contribution in [0.25, 0.3) is 0 Å². The van der Waals surface area contributed by atoms with Crippen molar-refractivity contribution in [2.45, 2.75) is 20.3 Å². The van der Waals surface area contributed by atoms with Crippen LogP contribution in [0.1, 0.15) is 19.5 Å². The normalized spacial score (nSPS) is 10.5. The second-order valence-electron chi connectivity index (χ2n) is 4.82. The molecule has 1 rings (SSSR count). The number of nitrogens with zero attached hydrogens (tertiary/aromatic N) is 2. The molecule has 1 amide bonds. The van der Waals surface area contributed by atoms with Gasteiger partial charge in [0.2, 0.25) is 5.91 Å². The van der Waals surface area contributed by atoms with Crippen LogP contribution in [-0.2, 0) is 16.0 Å². The largest absolute Gasteiger partial charge is 0.480 e. The number of aliphatic carboxylic acids is 1. The van der Waals surface area contributed by atoms with Gasteiger partial charge >= 0.3 is 5.97 Å². The minimum absolute atomic E-state index is 0.0836. The Morgan fingerprint density at radius 1 is 1.42 bits per heavy atom. The first kappa shape index (κ1) is 14.9. The molecule has 0 fully saturated rings. The van der Waals surface area contributed by atoms with Crippen LogP contribution in [0.4, 0.5) is 5.69 Å². The molecule has 0 bridgehead atoms. The number of carbonyl (C=O) groups is 2. The number of rotatable bonds is 6. The maximum absolute atomic E-state index is 12.1. The average Bonchev–Trinajstić information content (AvgIpc) is 2.30. The van der Waals surface area contributed by atoms with Gasteiger partial charge in [0.05, 0.1) is 18.3 Å². The minimum Gasteiger partial charge on any atom is -0.480 e. The predicted octanol–water partition coefficient (Wildman–Crippen LogP) is 0.775. The summed E-state index contributed by atoms with van der Waals surface area (Å²) in [7, 11) is 0. The van der Waals surface area contributed by atoms with Crippen LogP contribution in [0, 0.1) is 5.92 Å². The molecule has 6 heteroatoms. The maximum Gasteiger partial charge on any atom is 0.323 e. The molecule has 1 heterocycles. The summed E-state index contributed by atoms with van der Waals surface area (Å²) in [6.07, 6.45) is 1.56. The van der Waals surface area contributed by atoms with E-state index in [1.807, 2.05) is 13.8 Å². The lowest BCUT2D eigenvalue weighted by Gasteiger charge is -2.22. The van der Waals surface area contributed by atoms with Gasteiger partial charge in [-0.2, -0.15) is 0 Å². The molecule has 0 saturated carbocycles. The molecule has 0 aliphatic rings. The van der Waals surface area contributed by atoms with Crippen molar-refractivity contribution < 1.29 is 14.7 Å². The average molecular weight is 265 g/mol. The SMILES string of the molecule is CC(C)CN(CC(=O)O)C(=O)Cc1ccc(N)cn1. The lowest BCUT2D eigenvalue weighted by molar-refractivity contribution is -0.144. The van der Waals surface area contributed by atoms with E-state index < -0.39 is 5.97 Å². The second kappa shape index (κ2) is 6.72. The Labute approximate surface area is 112 Å². The van der Waals surface area contributed by atoms with Crippen molar-refractivity contribution in [3.63, 3.8) is 0 Å². The van der Waals surface area contributed by atoms with E-state index in [0.29, 0.717) is 17.9 Å². The van der Waals surface area contributed by atoms with Crippen molar-refractivity contribution in [2.24, 2.45) is 5.92 Å². The molecule has 1 aromatic heterocycles. The summed E-state index contributed by atoms with van der Waals surface area (Å²) in [5, 5.41) is 8.82. The van der Waals surface area contributed by atoms with Gasteiger partial charge < -0.3 is 15.7 Å². The topological polar surface area (TPSA) is 96.5 Å². The van der Waals surface area contributed by atoms with E-state index in [1.54, 1.807) is 12.1 Å². The van der Waals surface area contributed by atoms with Crippen LogP contribution in [0.15, 0.2) is 18.3 Å². The number of nitrogens with two attached hydrogens (primary N) is 1. The number of aromatic nitrogens is 1. The summed E-state index contributed by atoms with van der Waals surface area (Å²) in [5.74, 6) is -1.05. The Hall–Kier alpha value is -2.11. The number of hydrogen-bond donors (Lipinski definition) is 2. The van der Waals surface area contributed by atoms with Gasteiger partial charge in [-0.15, -0.1) is 0 Å². The Morgan fingerprint density at radius 3 is 2.58 bits per heavy atom. The molecule has 0 radical (unpaired) electrons. The maximum atomic E-state index is 12.1. The van der Waals surface area contributed by atoms with E-state index in [2.05, 4.69) is 4.98 Å². The molecule has 1 aromatic rings. The summed E-state index contributed by atoms with van der Waals surface area (Å²) in [4.78, 5) is 28.2. The van der Waals surface area contributed by atoms with Gasteiger partial charge in [0.1, 0.15) is 6.54 Å². The van der Waals surface area contributed by atoms with E-state index in [1.165, 1.54) is 11.1 Å². The highest BCUT2D eigenvalue weighted by Gasteiger charge is 2.18. The number of nitrogen functional groups attached to an aromatic ring is 1. The Kier molecular flexibility index (Phi) is 5.29. The third-order valence-corrected chi connectivity index (χ3v) is 2.44. The molecule has 0 unspecified atom stereocenters. The molecular formula is C13H19N3O3. The minimum atomic E-state index is -1.01. The van der Waals surface area contributed by atoms with E-state index in [9.17, 15) is 9.59 Å². The van der Waals surface area contributed by atoms with Crippen molar-refractivity contribution >= 4 is 17.6 Å². The molecular weight excluding hydrogens is 246 g/mol. The Balaban J connectivity index is 2.70. The zero-order valence-corrected chi connectivity index (χ0v) is 11.2. The lowest BCUT2D eigenvalue weighted by atomic mass is 10.2. The van der Waals surface area contributed by atoms with Crippen LogP contribution in [0.5, 0.6) is 0 Å². The molecule has 0 spiro atoms. The third kappa shape index (κ3) is 5.37. The summed E-state index contributed by atoms with van der Waals surface area (Å²) in [6, 6.07) is 3.33. The van der Waals surface area contributed by atoms with Crippen LogP contribution < -0.4 is 5.73 Å². The molecule has 0 aromatic carbocycles. The second-order valence-corrected chi connectivity index (χ2v) is 4.82. The van der Waals surface area contributed by atoms with Gasteiger partial charge in [-0.1, -0.05) is 13.8 Å². The molecule has 0 atom stereocenters. The van der Waals surface area contributed by atoms with Crippen molar-refractivity contribution in [2.75, 3.05) is 18.8 Å². The fourth-order valence-corrected chi connectivity index (χ4v) is 1.67. The number of carbonyl (C=O) groups excluding carboxylic acids is 1. The van der Waals surface area contributed by atoms with Crippen molar-refractivity contribution in [3.8, 4) is 0 Å². The van der Waals surface area contributed by atoms with Gasteiger partial charge in [-0.05, 0) is 18.1 Å². The van der Waals surface area contributed by atoms with E-state index in [-0.39, 0.29) is 24.8 Å². The number of carboxylic acid groups (broad SMARTS) is 1. The molecule has 6 nitrogen and oxygen atoms in total. The standard InChI is InChI=1S/C13H19N3O3/c1-9(2)7-16(8-13(18)19)12(17)5-11-4-3-10(14)6-15-11/h3-4,6,9H,5,7-8,14H2,1-2H3,(H,18,19). The van der Waals surface area contributed by atoms with Crippen molar-refractivity contribution in [1.29, 1.82) is 0 Å². The number of carboxylic acids is 1. The van der Waals surface area contributed by atoms with Crippen LogP contribution in [-0.4, -0.2) is 40.0 Å². The first-order valence-corrected chi connectivity index (χ1v) is 6.08. The van der Waals surface area contributed by atoms with Gasteiger partial charge in [0.25, 0.3) is 0 Å². The third-order valence-electron chi connectivity index (χ3n) is 2.44. The summed E-state index contributed by atoms with van der Waals surface area (Å²) >= 11 is 0. The highest BCUT2D eigenvalue weighted by Crippen LogP contribution is 2.06. The van der Waals surface area contributed by atoms with E-state index in [4.69, 9.17) is 10.8 Å². The number of amides is 1. The van der Waals surface area contributed by atoms with Crippen LogP contribution >= 0.6 is 0 Å². The number of anilines is 1. The highest BCUT2D eigenvalue weighted by atomic mass is 16.4. The zero-order chi connectivity index (χ0) is 14.4. The number of pyridine rings is 1. The van der Waals surface area contributed by atoms with Gasteiger partial charge in [0.15, 0.2) is 0 Å².